The third kappa shape index (κ3) is 23.2. The van der Waals surface area contributed by atoms with Crippen LogP contribution in [-0.2, 0) is 23.8 Å². The summed E-state index contributed by atoms with van der Waals surface area (Å²) in [5, 5.41) is 0. The molecule has 0 aromatic carbocycles. The molecule has 0 aliphatic rings. The van der Waals surface area contributed by atoms with Gasteiger partial charge in [0.2, 0.25) is 0 Å². The van der Waals surface area contributed by atoms with Crippen molar-refractivity contribution in [1.29, 1.82) is 0 Å². The molecule has 0 amide bonds. The molecule has 0 rings (SSSR count). The lowest BCUT2D eigenvalue weighted by atomic mass is 9.99. The molecule has 30 heavy (non-hydrogen) atoms. The Hall–Kier alpha value is -1.10. The van der Waals surface area contributed by atoms with Crippen LogP contribution in [0.5, 0.6) is 0 Å². The summed E-state index contributed by atoms with van der Waals surface area (Å²) in [6.45, 7) is 8.54. The summed E-state index contributed by atoms with van der Waals surface area (Å²) in [4.78, 5) is 23.1. The molecular formula is C25H48O5. The number of hydrogen-bond donors (Lipinski definition) is 0. The molecule has 0 spiro atoms. The van der Waals surface area contributed by atoms with E-state index in [2.05, 4.69) is 6.92 Å². The quantitative estimate of drug-likeness (QED) is 0.161. The molecule has 178 valence electrons. The van der Waals surface area contributed by atoms with E-state index < -0.39 is 11.9 Å². The zero-order valence-electron chi connectivity index (χ0n) is 20.3. The average Bonchev–Trinajstić information content (AvgIpc) is 2.69. The normalized spacial score (nSPS) is 11.5. The van der Waals surface area contributed by atoms with Crippen molar-refractivity contribution in [3.63, 3.8) is 0 Å². The Morgan fingerprint density at radius 2 is 1.00 bits per heavy atom. The van der Waals surface area contributed by atoms with Crippen molar-refractivity contribution in [1.82, 2.24) is 0 Å². The van der Waals surface area contributed by atoms with E-state index in [1.165, 1.54) is 77.0 Å². The van der Waals surface area contributed by atoms with Gasteiger partial charge in [-0.15, -0.1) is 0 Å². The topological polar surface area (TPSA) is 61.8 Å². The van der Waals surface area contributed by atoms with Crippen molar-refractivity contribution in [2.75, 3.05) is 26.4 Å². The van der Waals surface area contributed by atoms with Crippen LogP contribution >= 0.6 is 0 Å². The Morgan fingerprint density at radius 3 is 1.43 bits per heavy atom. The summed E-state index contributed by atoms with van der Waals surface area (Å²) in [6, 6.07) is 0. The fourth-order valence-electron chi connectivity index (χ4n) is 3.08. The van der Waals surface area contributed by atoms with Gasteiger partial charge in [-0.1, -0.05) is 111 Å². The third-order valence-electron chi connectivity index (χ3n) is 4.87. The maximum Gasteiger partial charge on any atom is 0.332 e. The molecule has 5 nitrogen and oxygen atoms in total. The van der Waals surface area contributed by atoms with Gasteiger partial charge in [-0.25, -0.2) is 9.59 Å². The van der Waals surface area contributed by atoms with Gasteiger partial charge in [0.15, 0.2) is 0 Å². The molecule has 0 aliphatic carbocycles. The fraction of sp³-hybridized carbons (Fsp3) is 0.920. The summed E-state index contributed by atoms with van der Waals surface area (Å²) < 4.78 is 15.2. The predicted molar refractivity (Wildman–Crippen MR) is 123 cm³/mol. The molecule has 0 aromatic heterocycles. The summed E-state index contributed by atoms with van der Waals surface area (Å²) in [5.74, 6) is -0.877. The molecule has 0 aliphatic heterocycles. The SMILES string of the molecule is CCCCCCCCCCCCCCCCOC(=O)COCC(=O)OCC(C)(C)C. The van der Waals surface area contributed by atoms with Gasteiger partial charge in [-0.3, -0.25) is 0 Å². The molecule has 0 fully saturated rings. The van der Waals surface area contributed by atoms with Crippen LogP contribution < -0.4 is 0 Å². The van der Waals surface area contributed by atoms with E-state index in [1.807, 2.05) is 20.8 Å². The van der Waals surface area contributed by atoms with Crippen molar-refractivity contribution in [3.8, 4) is 0 Å². The zero-order valence-corrected chi connectivity index (χ0v) is 20.3. The highest BCUT2D eigenvalue weighted by Gasteiger charge is 2.14. The first-order chi connectivity index (χ1) is 14.3. The fourth-order valence-corrected chi connectivity index (χ4v) is 3.08. The standard InChI is InChI=1S/C25H48O5/c1-5-6-7-8-9-10-11-12-13-14-15-16-17-18-19-29-23(26)20-28-21-24(27)30-22-25(2,3)4/h5-22H2,1-4H3. The summed E-state index contributed by atoms with van der Waals surface area (Å²) in [6.07, 6.45) is 18.2. The largest absolute Gasteiger partial charge is 0.464 e. The number of carbonyl (C=O) groups is 2. The second kappa shape index (κ2) is 19.8. The highest BCUT2D eigenvalue weighted by molar-refractivity contribution is 5.73. The highest BCUT2D eigenvalue weighted by atomic mass is 16.6. The number of rotatable bonds is 20. The minimum Gasteiger partial charge on any atom is -0.464 e. The van der Waals surface area contributed by atoms with Crippen LogP contribution in [0.2, 0.25) is 0 Å². The Labute approximate surface area is 185 Å². The number of hydrogen-bond acceptors (Lipinski definition) is 5. The smallest absolute Gasteiger partial charge is 0.332 e. The van der Waals surface area contributed by atoms with Crippen molar-refractivity contribution in [2.24, 2.45) is 5.41 Å². The molecule has 0 saturated heterocycles. The Bertz CT molecular complexity index is 414. The molecule has 0 N–H and O–H groups in total. The minimum atomic E-state index is -0.454. The van der Waals surface area contributed by atoms with Gasteiger partial charge in [0.05, 0.1) is 13.2 Å². The van der Waals surface area contributed by atoms with Crippen LogP contribution in [0, 0.1) is 5.41 Å². The number of unbranched alkanes of at least 4 members (excludes halogenated alkanes) is 13. The second-order valence-corrected chi connectivity index (χ2v) is 9.53. The lowest BCUT2D eigenvalue weighted by Gasteiger charge is -2.17. The monoisotopic (exact) mass is 428 g/mol. The summed E-state index contributed by atoms with van der Waals surface area (Å²) in [5.41, 5.74) is -0.0812. The van der Waals surface area contributed by atoms with Crippen molar-refractivity contribution in [3.05, 3.63) is 0 Å². The van der Waals surface area contributed by atoms with Crippen LogP contribution in [0.1, 0.15) is 118 Å². The van der Waals surface area contributed by atoms with Gasteiger partial charge in [0, 0.05) is 0 Å². The van der Waals surface area contributed by atoms with Crippen molar-refractivity contribution >= 4 is 11.9 Å². The van der Waals surface area contributed by atoms with E-state index in [9.17, 15) is 9.59 Å². The molecule has 0 aromatic rings. The van der Waals surface area contributed by atoms with Gasteiger partial charge in [-0.2, -0.15) is 0 Å². The molecule has 0 bridgehead atoms. The van der Waals surface area contributed by atoms with E-state index in [1.54, 1.807) is 0 Å². The summed E-state index contributed by atoms with van der Waals surface area (Å²) in [7, 11) is 0. The minimum absolute atomic E-state index is 0.0812. The number of esters is 2. The highest BCUT2D eigenvalue weighted by Crippen LogP contribution is 2.13. The first-order valence-corrected chi connectivity index (χ1v) is 12.2. The Morgan fingerprint density at radius 1 is 0.600 bits per heavy atom. The van der Waals surface area contributed by atoms with E-state index in [-0.39, 0.29) is 18.6 Å². The number of carbonyl (C=O) groups excluding carboxylic acids is 2. The van der Waals surface area contributed by atoms with Crippen LogP contribution in [-0.4, -0.2) is 38.4 Å². The van der Waals surface area contributed by atoms with E-state index in [4.69, 9.17) is 14.2 Å². The van der Waals surface area contributed by atoms with Gasteiger partial charge in [0.25, 0.3) is 0 Å². The van der Waals surface area contributed by atoms with Crippen molar-refractivity contribution in [2.45, 2.75) is 118 Å². The molecular weight excluding hydrogens is 380 g/mol. The van der Waals surface area contributed by atoms with Crippen LogP contribution in [0.3, 0.4) is 0 Å². The first-order valence-electron chi connectivity index (χ1n) is 12.2. The predicted octanol–water partition coefficient (Wildman–Crippen LogP) is 6.62. The van der Waals surface area contributed by atoms with Gasteiger partial charge >= 0.3 is 11.9 Å². The lowest BCUT2D eigenvalue weighted by Crippen LogP contribution is -2.23. The van der Waals surface area contributed by atoms with Gasteiger partial charge < -0.3 is 14.2 Å². The molecule has 0 heterocycles. The van der Waals surface area contributed by atoms with E-state index in [0.29, 0.717) is 13.2 Å². The maximum atomic E-state index is 11.6. The van der Waals surface area contributed by atoms with Gasteiger partial charge in [-0.05, 0) is 11.8 Å². The first kappa shape index (κ1) is 28.9. The van der Waals surface area contributed by atoms with Crippen LogP contribution in [0.4, 0.5) is 0 Å². The Kier molecular flexibility index (Phi) is 19.1. The zero-order chi connectivity index (χ0) is 22.5. The molecule has 5 heteroatoms. The van der Waals surface area contributed by atoms with Crippen LogP contribution in [0.25, 0.3) is 0 Å². The molecule has 0 unspecified atom stereocenters. The third-order valence-corrected chi connectivity index (χ3v) is 4.87. The molecule has 0 atom stereocenters. The van der Waals surface area contributed by atoms with E-state index >= 15 is 0 Å². The lowest BCUT2D eigenvalue weighted by molar-refractivity contribution is -0.157. The molecule has 0 saturated carbocycles. The van der Waals surface area contributed by atoms with E-state index in [0.717, 1.165) is 12.8 Å². The van der Waals surface area contributed by atoms with Crippen molar-refractivity contribution < 1.29 is 23.8 Å². The summed E-state index contributed by atoms with van der Waals surface area (Å²) >= 11 is 0. The molecule has 0 radical (unpaired) electrons. The average molecular weight is 429 g/mol. The maximum absolute atomic E-state index is 11.6. The number of ether oxygens (including phenoxy) is 3. The Balaban J connectivity index is 3.29. The second-order valence-electron chi connectivity index (χ2n) is 9.53. The van der Waals surface area contributed by atoms with Gasteiger partial charge in [0.1, 0.15) is 13.2 Å². The van der Waals surface area contributed by atoms with Crippen LogP contribution in [0.15, 0.2) is 0 Å².